The van der Waals surface area contributed by atoms with E-state index in [-0.39, 0.29) is 0 Å². The van der Waals surface area contributed by atoms with Crippen molar-refractivity contribution in [2.24, 2.45) is 0 Å². The first-order chi connectivity index (χ1) is 8.60. The molecule has 0 spiro atoms. The molecule has 0 aliphatic carbocycles. The van der Waals surface area contributed by atoms with E-state index in [1.54, 1.807) is 7.11 Å². The molecule has 0 aromatic heterocycles. The van der Waals surface area contributed by atoms with Crippen LogP contribution in [0.25, 0.3) is 0 Å². The fourth-order valence-corrected chi connectivity index (χ4v) is 2.71. The van der Waals surface area contributed by atoms with E-state index in [0.29, 0.717) is 17.1 Å². The van der Waals surface area contributed by atoms with Crippen molar-refractivity contribution in [3.8, 4) is 5.75 Å². The van der Waals surface area contributed by atoms with Crippen molar-refractivity contribution in [2.75, 3.05) is 25.1 Å². The van der Waals surface area contributed by atoms with Crippen LogP contribution in [0, 0.1) is 0 Å². The molecule has 1 aliphatic rings. The van der Waals surface area contributed by atoms with Crippen LogP contribution in [0.2, 0.25) is 5.02 Å². The van der Waals surface area contributed by atoms with Gasteiger partial charge in [-0.25, -0.2) is 0 Å². The standard InChI is InChI=1S/C14H21ClN2O/c1-10(2)16-11-6-7-17(9-11)12-4-5-14(18-3)13(15)8-12/h4-5,8,10-11,16H,6-7,9H2,1-3H3. The molecular formula is C14H21ClN2O. The van der Waals surface area contributed by atoms with E-state index < -0.39 is 0 Å². The zero-order valence-corrected chi connectivity index (χ0v) is 12.0. The Labute approximate surface area is 114 Å². The smallest absolute Gasteiger partial charge is 0.137 e. The lowest BCUT2D eigenvalue weighted by Gasteiger charge is -2.20. The molecule has 100 valence electrons. The maximum absolute atomic E-state index is 6.16. The summed E-state index contributed by atoms with van der Waals surface area (Å²) in [5.74, 6) is 0.733. The molecule has 1 atom stereocenters. The lowest BCUT2D eigenvalue weighted by molar-refractivity contribution is 0.415. The maximum atomic E-state index is 6.16. The zero-order chi connectivity index (χ0) is 13.1. The SMILES string of the molecule is COc1ccc(N2CCC(NC(C)C)C2)cc1Cl. The van der Waals surface area contributed by atoms with Gasteiger partial charge in [0.05, 0.1) is 12.1 Å². The molecule has 1 aliphatic heterocycles. The number of ether oxygens (including phenoxy) is 1. The summed E-state index contributed by atoms with van der Waals surface area (Å²) in [4.78, 5) is 2.37. The van der Waals surface area contributed by atoms with Crippen LogP contribution in [0.5, 0.6) is 5.75 Å². The lowest BCUT2D eigenvalue weighted by Crippen LogP contribution is -2.37. The fraction of sp³-hybridized carbons (Fsp3) is 0.571. The Balaban J connectivity index is 2.03. The molecule has 3 nitrogen and oxygen atoms in total. The van der Waals surface area contributed by atoms with Crippen LogP contribution in [-0.2, 0) is 0 Å². The highest BCUT2D eigenvalue weighted by Gasteiger charge is 2.23. The van der Waals surface area contributed by atoms with Gasteiger partial charge in [-0.05, 0) is 24.6 Å². The number of anilines is 1. The molecule has 0 saturated carbocycles. The number of benzene rings is 1. The molecule has 0 radical (unpaired) electrons. The van der Waals surface area contributed by atoms with Gasteiger partial charge in [0.2, 0.25) is 0 Å². The van der Waals surface area contributed by atoms with E-state index in [9.17, 15) is 0 Å². The summed E-state index contributed by atoms with van der Waals surface area (Å²) >= 11 is 6.16. The normalized spacial score (nSPS) is 19.6. The Morgan fingerprint density at radius 1 is 1.44 bits per heavy atom. The van der Waals surface area contributed by atoms with Crippen molar-refractivity contribution < 1.29 is 4.74 Å². The van der Waals surface area contributed by atoms with Gasteiger partial charge >= 0.3 is 0 Å². The Bertz CT molecular complexity index is 409. The highest BCUT2D eigenvalue weighted by Crippen LogP contribution is 2.30. The van der Waals surface area contributed by atoms with Crippen molar-refractivity contribution >= 4 is 17.3 Å². The molecule has 1 fully saturated rings. The number of halogens is 1. The second-order valence-electron chi connectivity index (χ2n) is 5.07. The van der Waals surface area contributed by atoms with E-state index in [2.05, 4.69) is 30.1 Å². The van der Waals surface area contributed by atoms with Crippen LogP contribution in [-0.4, -0.2) is 32.3 Å². The summed E-state index contributed by atoms with van der Waals surface area (Å²) in [5.41, 5.74) is 1.17. The highest BCUT2D eigenvalue weighted by molar-refractivity contribution is 6.32. The summed E-state index contributed by atoms with van der Waals surface area (Å²) in [6.07, 6.45) is 1.18. The van der Waals surface area contributed by atoms with Crippen LogP contribution in [0.3, 0.4) is 0 Å². The summed E-state index contributed by atoms with van der Waals surface area (Å²) in [6, 6.07) is 7.10. The lowest BCUT2D eigenvalue weighted by atomic mass is 10.2. The molecule has 1 heterocycles. The maximum Gasteiger partial charge on any atom is 0.137 e. The first kappa shape index (κ1) is 13.5. The molecule has 0 bridgehead atoms. The number of rotatable bonds is 4. The van der Waals surface area contributed by atoms with E-state index in [1.807, 2.05) is 12.1 Å². The van der Waals surface area contributed by atoms with Gasteiger partial charge in [0.25, 0.3) is 0 Å². The Hall–Kier alpha value is -0.930. The Morgan fingerprint density at radius 3 is 2.83 bits per heavy atom. The molecule has 1 aromatic carbocycles. The van der Waals surface area contributed by atoms with Gasteiger partial charge in [0, 0.05) is 30.9 Å². The first-order valence-corrected chi connectivity index (χ1v) is 6.82. The molecular weight excluding hydrogens is 248 g/mol. The van der Waals surface area contributed by atoms with E-state index in [1.165, 1.54) is 12.1 Å². The molecule has 4 heteroatoms. The van der Waals surface area contributed by atoms with Crippen LogP contribution < -0.4 is 15.0 Å². The van der Waals surface area contributed by atoms with Gasteiger partial charge in [-0.2, -0.15) is 0 Å². The van der Waals surface area contributed by atoms with Crippen LogP contribution in [0.15, 0.2) is 18.2 Å². The quantitative estimate of drug-likeness (QED) is 0.909. The third-order valence-corrected chi connectivity index (χ3v) is 3.55. The largest absolute Gasteiger partial charge is 0.495 e. The van der Waals surface area contributed by atoms with Gasteiger partial charge in [0.1, 0.15) is 5.75 Å². The number of nitrogens with zero attached hydrogens (tertiary/aromatic N) is 1. The third-order valence-electron chi connectivity index (χ3n) is 3.26. The van der Waals surface area contributed by atoms with E-state index >= 15 is 0 Å². The fourth-order valence-electron chi connectivity index (χ4n) is 2.45. The van der Waals surface area contributed by atoms with E-state index in [0.717, 1.165) is 18.8 Å². The summed E-state index contributed by atoms with van der Waals surface area (Å²) in [7, 11) is 1.64. The van der Waals surface area contributed by atoms with Gasteiger partial charge in [0.15, 0.2) is 0 Å². The van der Waals surface area contributed by atoms with Crippen molar-refractivity contribution in [1.82, 2.24) is 5.32 Å². The second-order valence-corrected chi connectivity index (χ2v) is 5.48. The Kier molecular flexibility index (Phi) is 4.36. The minimum Gasteiger partial charge on any atom is -0.495 e. The van der Waals surface area contributed by atoms with Gasteiger partial charge in [-0.1, -0.05) is 25.4 Å². The van der Waals surface area contributed by atoms with Gasteiger partial charge in [-0.15, -0.1) is 0 Å². The molecule has 1 aromatic rings. The van der Waals surface area contributed by atoms with Crippen LogP contribution in [0.1, 0.15) is 20.3 Å². The zero-order valence-electron chi connectivity index (χ0n) is 11.2. The molecule has 1 unspecified atom stereocenters. The number of hydrogen-bond acceptors (Lipinski definition) is 3. The van der Waals surface area contributed by atoms with E-state index in [4.69, 9.17) is 16.3 Å². The monoisotopic (exact) mass is 268 g/mol. The van der Waals surface area contributed by atoms with Crippen molar-refractivity contribution in [3.05, 3.63) is 23.2 Å². The second kappa shape index (κ2) is 5.81. The number of hydrogen-bond donors (Lipinski definition) is 1. The van der Waals surface area contributed by atoms with Crippen molar-refractivity contribution in [1.29, 1.82) is 0 Å². The third kappa shape index (κ3) is 3.09. The van der Waals surface area contributed by atoms with Gasteiger partial charge < -0.3 is 15.0 Å². The highest BCUT2D eigenvalue weighted by atomic mass is 35.5. The predicted octanol–water partition coefficient (Wildman–Crippen LogP) is 2.93. The number of nitrogens with one attached hydrogen (secondary N) is 1. The molecule has 18 heavy (non-hydrogen) atoms. The molecule has 0 amide bonds. The minimum atomic E-state index is 0.536. The summed E-state index contributed by atoms with van der Waals surface area (Å²) in [5, 5.41) is 4.26. The first-order valence-electron chi connectivity index (χ1n) is 6.44. The average molecular weight is 269 g/mol. The van der Waals surface area contributed by atoms with Crippen LogP contribution in [0.4, 0.5) is 5.69 Å². The number of methoxy groups -OCH3 is 1. The average Bonchev–Trinajstić information content (AvgIpc) is 2.76. The Morgan fingerprint density at radius 2 is 2.22 bits per heavy atom. The molecule has 2 rings (SSSR count). The topological polar surface area (TPSA) is 24.5 Å². The molecule has 1 N–H and O–H groups in total. The summed E-state index contributed by atoms with van der Waals surface area (Å²) < 4.78 is 5.17. The van der Waals surface area contributed by atoms with Crippen LogP contribution >= 0.6 is 11.6 Å². The van der Waals surface area contributed by atoms with Crippen molar-refractivity contribution in [3.63, 3.8) is 0 Å². The summed E-state index contributed by atoms with van der Waals surface area (Å²) in [6.45, 7) is 6.49. The van der Waals surface area contributed by atoms with Crippen molar-refractivity contribution in [2.45, 2.75) is 32.4 Å². The van der Waals surface area contributed by atoms with Gasteiger partial charge in [-0.3, -0.25) is 0 Å². The molecule has 1 saturated heterocycles. The minimum absolute atomic E-state index is 0.536. The predicted molar refractivity (Wildman–Crippen MR) is 76.9 cm³/mol.